The molecule has 0 aliphatic carbocycles. The molecule has 0 amide bonds. The molecule has 0 radical (unpaired) electrons. The lowest BCUT2D eigenvalue weighted by Gasteiger charge is -2.13. The highest BCUT2D eigenvalue weighted by Gasteiger charge is 2.33. The van der Waals surface area contributed by atoms with E-state index >= 15 is 0 Å². The van der Waals surface area contributed by atoms with Crippen molar-refractivity contribution in [3.63, 3.8) is 0 Å². The van der Waals surface area contributed by atoms with Gasteiger partial charge in [0.15, 0.2) is 0 Å². The Bertz CT molecular complexity index is 1140. The number of rotatable bonds is 4. The smallest absolute Gasteiger partial charge is 0.255 e. The molecule has 29 heavy (non-hydrogen) atoms. The van der Waals surface area contributed by atoms with E-state index < -0.39 is 11.7 Å². The first-order chi connectivity index (χ1) is 14.0. The van der Waals surface area contributed by atoms with Crippen LogP contribution >= 0.6 is 0 Å². The van der Waals surface area contributed by atoms with Crippen molar-refractivity contribution in [3.05, 3.63) is 90.1 Å². The number of hydrogen-bond donors (Lipinski definition) is 0. The third-order valence-electron chi connectivity index (χ3n) is 5.06. The molecule has 0 atom stereocenters. The van der Waals surface area contributed by atoms with E-state index in [-0.39, 0.29) is 5.39 Å². The van der Waals surface area contributed by atoms with Gasteiger partial charge in [0.2, 0.25) is 0 Å². The maximum atomic E-state index is 13.4. The minimum Gasteiger partial charge on any atom is -0.255 e. The Balaban J connectivity index is 1.80. The van der Waals surface area contributed by atoms with E-state index in [0.29, 0.717) is 11.1 Å². The number of aromatic nitrogens is 1. The maximum absolute atomic E-state index is 13.4. The number of fused-ring (bicyclic) bond motifs is 1. The zero-order valence-corrected chi connectivity index (χ0v) is 16.0. The monoisotopic (exact) mass is 391 g/mol. The second-order valence-corrected chi connectivity index (χ2v) is 7.09. The first-order valence-corrected chi connectivity index (χ1v) is 9.62. The largest absolute Gasteiger partial charge is 0.418 e. The van der Waals surface area contributed by atoms with Crippen LogP contribution in [0.2, 0.25) is 0 Å². The molecule has 3 aromatic carbocycles. The summed E-state index contributed by atoms with van der Waals surface area (Å²) in [6.07, 6.45) is -1.36. The summed E-state index contributed by atoms with van der Waals surface area (Å²) in [6, 6.07) is 22.8. The van der Waals surface area contributed by atoms with E-state index in [2.05, 4.69) is 36.2 Å². The Labute approximate surface area is 167 Å². The molecule has 0 spiro atoms. The van der Waals surface area contributed by atoms with Gasteiger partial charge in [-0.15, -0.1) is 0 Å². The normalized spacial score (nSPS) is 11.7. The fraction of sp³-hybridized carbons (Fsp3) is 0.160. The van der Waals surface area contributed by atoms with E-state index in [1.54, 1.807) is 18.2 Å². The molecule has 0 bridgehead atoms. The summed E-state index contributed by atoms with van der Waals surface area (Å²) in [7, 11) is 0. The van der Waals surface area contributed by atoms with Crippen molar-refractivity contribution in [2.75, 3.05) is 0 Å². The van der Waals surface area contributed by atoms with Crippen LogP contribution in [0.1, 0.15) is 24.5 Å². The molecule has 0 fully saturated rings. The number of hydrogen-bond acceptors (Lipinski definition) is 1. The molecule has 0 unspecified atom stereocenters. The molecule has 0 N–H and O–H groups in total. The molecule has 0 aliphatic heterocycles. The summed E-state index contributed by atoms with van der Waals surface area (Å²) >= 11 is 0. The Hall–Kier alpha value is -3.14. The highest BCUT2D eigenvalue weighted by molar-refractivity contribution is 5.97. The average molecular weight is 391 g/mol. The van der Waals surface area contributed by atoms with Gasteiger partial charge >= 0.3 is 6.18 Å². The molecule has 0 saturated carbocycles. The van der Waals surface area contributed by atoms with Crippen LogP contribution in [-0.4, -0.2) is 4.98 Å². The highest BCUT2D eigenvalue weighted by atomic mass is 19.4. The third kappa shape index (κ3) is 3.88. The van der Waals surface area contributed by atoms with Crippen molar-refractivity contribution in [1.82, 2.24) is 4.98 Å². The van der Waals surface area contributed by atoms with Crippen LogP contribution < -0.4 is 0 Å². The molecule has 4 rings (SSSR count). The summed E-state index contributed by atoms with van der Waals surface area (Å²) in [6.45, 7) is 2.15. The molecule has 4 aromatic rings. The van der Waals surface area contributed by atoms with Gasteiger partial charge in [0.05, 0.1) is 11.3 Å². The molecular formula is C25H20F3N. The summed E-state index contributed by atoms with van der Waals surface area (Å²) in [5, 5.41) is 0.664. The molecule has 4 heteroatoms. The van der Waals surface area contributed by atoms with Gasteiger partial charge in [-0.25, -0.2) is 0 Å². The van der Waals surface area contributed by atoms with E-state index in [9.17, 15) is 13.2 Å². The van der Waals surface area contributed by atoms with Gasteiger partial charge in [0, 0.05) is 17.1 Å². The van der Waals surface area contributed by atoms with Crippen LogP contribution in [0.15, 0.2) is 79.0 Å². The Morgan fingerprint density at radius 3 is 2.14 bits per heavy atom. The van der Waals surface area contributed by atoms with Crippen molar-refractivity contribution in [2.24, 2.45) is 0 Å². The summed E-state index contributed by atoms with van der Waals surface area (Å²) in [5.41, 5.74) is 4.02. The van der Waals surface area contributed by atoms with Gasteiger partial charge < -0.3 is 0 Å². The predicted molar refractivity (Wildman–Crippen MR) is 112 cm³/mol. The average Bonchev–Trinajstić information content (AvgIpc) is 2.73. The van der Waals surface area contributed by atoms with Crippen LogP contribution in [0.25, 0.3) is 33.2 Å². The summed E-state index contributed by atoms with van der Waals surface area (Å²) in [4.78, 5) is 4.20. The first-order valence-electron chi connectivity index (χ1n) is 9.62. The Morgan fingerprint density at radius 1 is 0.759 bits per heavy atom. The highest BCUT2D eigenvalue weighted by Crippen LogP contribution is 2.38. The number of aryl methyl sites for hydroxylation is 1. The van der Waals surface area contributed by atoms with Gasteiger partial charge in [-0.1, -0.05) is 80.1 Å². The van der Waals surface area contributed by atoms with Crippen LogP contribution in [0, 0.1) is 0 Å². The van der Waals surface area contributed by atoms with Gasteiger partial charge in [0.25, 0.3) is 0 Å². The lowest BCUT2D eigenvalue weighted by Crippen LogP contribution is -2.07. The fourth-order valence-corrected chi connectivity index (χ4v) is 3.65. The second kappa shape index (κ2) is 7.70. The molecule has 1 heterocycles. The Kier molecular flexibility index (Phi) is 5.10. The molecule has 1 nitrogen and oxygen atoms in total. The third-order valence-corrected chi connectivity index (χ3v) is 5.06. The van der Waals surface area contributed by atoms with Crippen molar-refractivity contribution < 1.29 is 13.2 Å². The second-order valence-electron chi connectivity index (χ2n) is 7.09. The van der Waals surface area contributed by atoms with E-state index in [1.807, 2.05) is 24.3 Å². The number of alkyl halides is 3. The Morgan fingerprint density at radius 2 is 1.45 bits per heavy atom. The van der Waals surface area contributed by atoms with Crippen LogP contribution in [0.5, 0.6) is 0 Å². The fourth-order valence-electron chi connectivity index (χ4n) is 3.65. The van der Waals surface area contributed by atoms with Crippen LogP contribution in [0.4, 0.5) is 13.2 Å². The van der Waals surface area contributed by atoms with Crippen molar-refractivity contribution in [1.29, 1.82) is 0 Å². The van der Waals surface area contributed by atoms with Crippen molar-refractivity contribution >= 4 is 10.8 Å². The lowest BCUT2D eigenvalue weighted by molar-refractivity contribution is -0.136. The zero-order chi connectivity index (χ0) is 20.4. The summed E-state index contributed by atoms with van der Waals surface area (Å²) in [5.74, 6) is 0. The van der Waals surface area contributed by atoms with Gasteiger partial charge in [-0.2, -0.15) is 13.2 Å². The van der Waals surface area contributed by atoms with E-state index in [4.69, 9.17) is 0 Å². The topological polar surface area (TPSA) is 12.9 Å². The van der Waals surface area contributed by atoms with E-state index in [1.165, 1.54) is 11.6 Å². The maximum Gasteiger partial charge on any atom is 0.418 e. The molecule has 0 aliphatic rings. The van der Waals surface area contributed by atoms with Crippen LogP contribution in [0.3, 0.4) is 0 Å². The molecule has 0 saturated heterocycles. The number of benzene rings is 3. The zero-order valence-electron chi connectivity index (χ0n) is 16.0. The number of nitrogens with zero attached hydrogens (tertiary/aromatic N) is 1. The molecule has 146 valence electrons. The number of pyridine rings is 1. The van der Waals surface area contributed by atoms with Crippen molar-refractivity contribution in [3.8, 4) is 22.4 Å². The van der Waals surface area contributed by atoms with Gasteiger partial charge in [-0.3, -0.25) is 4.98 Å². The SMILES string of the molecule is CCCc1ccc(-c2cccc(-c3ncc(C(F)(F)F)c4ccccc34)c2)cc1. The summed E-state index contributed by atoms with van der Waals surface area (Å²) < 4.78 is 40.2. The van der Waals surface area contributed by atoms with Crippen LogP contribution in [-0.2, 0) is 12.6 Å². The quantitative estimate of drug-likeness (QED) is 0.350. The standard InChI is InChI=1S/C25H20F3N/c1-2-6-17-11-13-18(14-12-17)19-7-5-8-20(15-19)24-22-10-4-3-9-21(22)23(16-29-24)25(26,27)28/h3-5,7-16H,2,6H2,1H3. The lowest BCUT2D eigenvalue weighted by atomic mass is 9.97. The predicted octanol–water partition coefficient (Wildman–Crippen LogP) is 7.54. The number of halogens is 3. The van der Waals surface area contributed by atoms with Gasteiger partial charge in [-0.05, 0) is 34.6 Å². The molecular weight excluding hydrogens is 371 g/mol. The van der Waals surface area contributed by atoms with Crippen molar-refractivity contribution in [2.45, 2.75) is 25.9 Å². The van der Waals surface area contributed by atoms with E-state index in [0.717, 1.165) is 35.7 Å². The van der Waals surface area contributed by atoms with Gasteiger partial charge in [0.1, 0.15) is 0 Å². The minimum absolute atomic E-state index is 0.166. The first kappa shape index (κ1) is 19.2. The molecule has 1 aromatic heterocycles. The minimum atomic E-state index is -4.44.